The number of rotatable bonds is 10. The van der Waals surface area contributed by atoms with Crippen molar-refractivity contribution in [2.24, 2.45) is 11.7 Å². The summed E-state index contributed by atoms with van der Waals surface area (Å²) in [6, 6.07) is 5.43. The number of benzene rings is 1. The predicted molar refractivity (Wildman–Crippen MR) is 102 cm³/mol. The normalized spacial score (nSPS) is 16.1. The molecule has 144 valence electrons. The molecule has 4 N–H and O–H groups in total. The summed E-state index contributed by atoms with van der Waals surface area (Å²) in [5.41, 5.74) is 5.98. The third-order valence-corrected chi connectivity index (χ3v) is 6.83. The third-order valence-electron chi connectivity index (χ3n) is 3.96. The second-order valence-electron chi connectivity index (χ2n) is 6.10. The fourth-order valence-electron chi connectivity index (χ4n) is 2.37. The summed E-state index contributed by atoms with van der Waals surface area (Å²) >= 11 is 0. The van der Waals surface area contributed by atoms with Crippen LogP contribution in [0.25, 0.3) is 0 Å². The van der Waals surface area contributed by atoms with E-state index in [1.165, 1.54) is 24.3 Å². The van der Waals surface area contributed by atoms with Crippen molar-refractivity contribution in [1.29, 1.82) is 0 Å². The van der Waals surface area contributed by atoms with Crippen LogP contribution in [0.3, 0.4) is 0 Å². The Kier molecular flexibility index (Phi) is 8.14. The molecular formula is C15H26ClN3O4S2. The van der Waals surface area contributed by atoms with Crippen LogP contribution in [0.5, 0.6) is 0 Å². The van der Waals surface area contributed by atoms with E-state index in [9.17, 15) is 16.8 Å². The maximum Gasteiger partial charge on any atom is 0.240 e. The smallest absolute Gasteiger partial charge is 0.240 e. The molecule has 1 aromatic rings. The third kappa shape index (κ3) is 6.74. The summed E-state index contributed by atoms with van der Waals surface area (Å²) in [4.78, 5) is 0.0955. The molecule has 0 bridgehead atoms. The summed E-state index contributed by atoms with van der Waals surface area (Å²) in [5.74, 6) is 0.361. The monoisotopic (exact) mass is 411 g/mol. The van der Waals surface area contributed by atoms with Crippen molar-refractivity contribution in [2.45, 2.75) is 43.5 Å². The van der Waals surface area contributed by atoms with Crippen LogP contribution in [0.2, 0.25) is 0 Å². The van der Waals surface area contributed by atoms with Gasteiger partial charge in [-0.2, -0.15) is 0 Å². The van der Waals surface area contributed by atoms with Gasteiger partial charge in [-0.3, -0.25) is 4.72 Å². The molecule has 1 fully saturated rings. The minimum Gasteiger partial charge on any atom is -0.329 e. The molecule has 0 aromatic heterocycles. The molecule has 0 spiro atoms. The van der Waals surface area contributed by atoms with Crippen molar-refractivity contribution in [3.8, 4) is 0 Å². The van der Waals surface area contributed by atoms with E-state index < -0.39 is 20.0 Å². The van der Waals surface area contributed by atoms with E-state index in [0.29, 0.717) is 18.0 Å². The minimum absolute atomic E-state index is 0. The van der Waals surface area contributed by atoms with Gasteiger partial charge in [0.05, 0.1) is 10.6 Å². The van der Waals surface area contributed by atoms with Crippen molar-refractivity contribution < 1.29 is 16.8 Å². The van der Waals surface area contributed by atoms with E-state index >= 15 is 0 Å². The first kappa shape index (κ1) is 22.2. The van der Waals surface area contributed by atoms with Crippen LogP contribution in [0.4, 0.5) is 5.69 Å². The summed E-state index contributed by atoms with van der Waals surface area (Å²) in [6.07, 6.45) is 3.34. The Hall–Kier alpha value is -0.870. The van der Waals surface area contributed by atoms with E-state index in [2.05, 4.69) is 9.44 Å². The van der Waals surface area contributed by atoms with Crippen LogP contribution in [-0.2, 0) is 20.0 Å². The molecule has 25 heavy (non-hydrogen) atoms. The minimum atomic E-state index is -3.66. The molecule has 0 amide bonds. The van der Waals surface area contributed by atoms with Crippen LogP contribution < -0.4 is 15.2 Å². The second kappa shape index (κ2) is 9.18. The zero-order valence-corrected chi connectivity index (χ0v) is 16.6. The first-order valence-corrected chi connectivity index (χ1v) is 11.2. The van der Waals surface area contributed by atoms with Gasteiger partial charge >= 0.3 is 0 Å². The first-order chi connectivity index (χ1) is 11.3. The van der Waals surface area contributed by atoms with E-state index in [1.807, 2.05) is 6.92 Å². The second-order valence-corrected chi connectivity index (χ2v) is 9.66. The highest BCUT2D eigenvalue weighted by Crippen LogP contribution is 2.33. The highest BCUT2D eigenvalue weighted by Gasteiger charge is 2.33. The van der Waals surface area contributed by atoms with Crippen LogP contribution in [0, 0.1) is 5.92 Å². The van der Waals surface area contributed by atoms with Crippen LogP contribution in [0.1, 0.15) is 32.6 Å². The summed E-state index contributed by atoms with van der Waals surface area (Å²) in [5, 5.41) is 0. The Labute approximate surface area is 156 Å². The highest BCUT2D eigenvalue weighted by molar-refractivity contribution is 7.92. The van der Waals surface area contributed by atoms with Gasteiger partial charge < -0.3 is 5.73 Å². The van der Waals surface area contributed by atoms with Gasteiger partial charge in [-0.15, -0.1) is 12.4 Å². The average Bonchev–Trinajstić information content (AvgIpc) is 3.36. The van der Waals surface area contributed by atoms with Crippen LogP contribution in [0.15, 0.2) is 29.2 Å². The Morgan fingerprint density at radius 1 is 1.16 bits per heavy atom. The lowest BCUT2D eigenvalue weighted by Crippen LogP contribution is -2.41. The molecule has 0 heterocycles. The average molecular weight is 412 g/mol. The molecule has 0 saturated heterocycles. The van der Waals surface area contributed by atoms with Crippen molar-refractivity contribution in [3.63, 3.8) is 0 Å². The lowest BCUT2D eigenvalue weighted by atomic mass is 10.2. The van der Waals surface area contributed by atoms with Crippen molar-refractivity contribution in [2.75, 3.05) is 17.0 Å². The summed E-state index contributed by atoms with van der Waals surface area (Å²) < 4.78 is 53.5. The largest absolute Gasteiger partial charge is 0.329 e. The molecule has 0 radical (unpaired) electrons. The Bertz CT molecular complexity index is 747. The number of halogens is 1. The number of nitrogens with two attached hydrogens (primary N) is 1. The van der Waals surface area contributed by atoms with Gasteiger partial charge in [-0.1, -0.05) is 13.3 Å². The fraction of sp³-hybridized carbons (Fsp3) is 0.600. The number of hydrogen-bond donors (Lipinski definition) is 3. The molecule has 1 aliphatic rings. The predicted octanol–water partition coefficient (Wildman–Crippen LogP) is 1.67. The van der Waals surface area contributed by atoms with Gasteiger partial charge in [0.2, 0.25) is 20.0 Å². The molecule has 7 nitrogen and oxygen atoms in total. The van der Waals surface area contributed by atoms with E-state index in [0.717, 1.165) is 19.3 Å². The topological polar surface area (TPSA) is 118 Å². The van der Waals surface area contributed by atoms with Gasteiger partial charge in [0.1, 0.15) is 0 Å². The standard InChI is InChI=1S/C15H25N3O4S2.ClH/c1-2-3-10-23(19,20)17-13-6-8-14(9-7-13)24(21,22)18-15(11-16)12-4-5-12;/h6-9,12,15,17-18H,2-5,10-11,16H2,1H3;1H. The molecule has 10 heteroatoms. The lowest BCUT2D eigenvalue weighted by molar-refractivity contribution is 0.519. The molecule has 1 aliphatic carbocycles. The first-order valence-electron chi connectivity index (χ1n) is 8.10. The maximum atomic E-state index is 12.4. The van der Waals surface area contributed by atoms with Gasteiger partial charge in [0, 0.05) is 18.3 Å². The number of anilines is 1. The molecular weight excluding hydrogens is 386 g/mol. The molecule has 1 saturated carbocycles. The fourth-order valence-corrected chi connectivity index (χ4v) is 4.95. The van der Waals surface area contributed by atoms with Crippen molar-refractivity contribution in [3.05, 3.63) is 24.3 Å². The van der Waals surface area contributed by atoms with Crippen molar-refractivity contribution >= 4 is 38.1 Å². The van der Waals surface area contributed by atoms with Crippen LogP contribution >= 0.6 is 12.4 Å². The zero-order valence-electron chi connectivity index (χ0n) is 14.1. The summed E-state index contributed by atoms with van der Waals surface area (Å²) in [7, 11) is -7.06. The Balaban J connectivity index is 0.00000312. The van der Waals surface area contributed by atoms with Gasteiger partial charge in [-0.25, -0.2) is 21.6 Å². The maximum absolute atomic E-state index is 12.4. The Morgan fingerprint density at radius 3 is 2.24 bits per heavy atom. The van der Waals surface area contributed by atoms with Crippen molar-refractivity contribution in [1.82, 2.24) is 4.72 Å². The van der Waals surface area contributed by atoms with E-state index in [-0.39, 0.29) is 35.6 Å². The molecule has 2 rings (SSSR count). The number of unbranched alkanes of at least 4 members (excludes halogenated alkanes) is 1. The lowest BCUT2D eigenvalue weighted by Gasteiger charge is -2.16. The summed E-state index contributed by atoms with van der Waals surface area (Å²) in [6.45, 7) is 2.18. The quantitative estimate of drug-likeness (QED) is 0.541. The molecule has 1 unspecified atom stereocenters. The zero-order chi connectivity index (χ0) is 17.8. The van der Waals surface area contributed by atoms with Gasteiger partial charge in [0.25, 0.3) is 0 Å². The molecule has 1 atom stereocenters. The molecule has 0 aliphatic heterocycles. The number of hydrogen-bond acceptors (Lipinski definition) is 5. The number of nitrogens with one attached hydrogen (secondary N) is 2. The van der Waals surface area contributed by atoms with Gasteiger partial charge in [-0.05, 0) is 49.4 Å². The van der Waals surface area contributed by atoms with Gasteiger partial charge in [0.15, 0.2) is 0 Å². The Morgan fingerprint density at radius 2 is 1.76 bits per heavy atom. The van der Waals surface area contributed by atoms with E-state index in [4.69, 9.17) is 5.73 Å². The van der Waals surface area contributed by atoms with E-state index in [1.54, 1.807) is 0 Å². The molecule has 1 aromatic carbocycles. The SMILES string of the molecule is CCCCS(=O)(=O)Nc1ccc(S(=O)(=O)NC(CN)C2CC2)cc1.Cl. The number of sulfonamides is 2. The highest BCUT2D eigenvalue weighted by atomic mass is 35.5. The van der Waals surface area contributed by atoms with Crippen LogP contribution in [-0.4, -0.2) is 35.2 Å².